The summed E-state index contributed by atoms with van der Waals surface area (Å²) < 4.78 is 89.2. The Bertz CT molecular complexity index is 318. The molecule has 0 aromatic rings. The minimum absolute atomic E-state index is 1.36. The Labute approximate surface area is 131 Å². The molecule has 1 aliphatic heterocycles. The standard InChI is InChI=1S/C11H24N.C2BF8/c1-3-4-5-6-9-12(2)10-7-8-11-12;4-1(5,2(6,7)8)3(9,10)11/h3-11H2,1-2H3;/q+1;-1. The Kier molecular flexibility index (Phi) is 8.33. The van der Waals surface area contributed by atoms with Gasteiger partial charge in [0.05, 0.1) is 26.7 Å². The molecule has 0 amide bonds. The second-order valence-electron chi connectivity index (χ2n) is 6.25. The number of unbranched alkanes of at least 4 members (excludes halogenated alkanes) is 3. The fraction of sp³-hybridized carbons (Fsp3) is 1.00. The first-order valence-corrected chi connectivity index (χ1v) is 7.74. The van der Waals surface area contributed by atoms with Gasteiger partial charge in [-0.25, -0.2) is 8.78 Å². The Morgan fingerprint density at radius 3 is 1.65 bits per heavy atom. The molecule has 1 rings (SSSR count). The monoisotopic (exact) mass is 357 g/mol. The van der Waals surface area contributed by atoms with Crippen LogP contribution in [0.2, 0.25) is 0 Å². The largest absolute Gasteiger partial charge is 0.558 e. The lowest BCUT2D eigenvalue weighted by Crippen LogP contribution is -2.53. The van der Waals surface area contributed by atoms with E-state index >= 15 is 0 Å². The third kappa shape index (κ3) is 7.26. The first kappa shape index (κ1) is 22.5. The highest BCUT2D eigenvalue weighted by atomic mass is 19.4. The summed E-state index contributed by atoms with van der Waals surface area (Å²) >= 11 is 0. The van der Waals surface area contributed by atoms with Crippen LogP contribution < -0.4 is 0 Å². The van der Waals surface area contributed by atoms with E-state index in [1.807, 2.05) is 0 Å². The molecule has 0 unspecified atom stereocenters. The molecule has 1 aliphatic rings. The summed E-state index contributed by atoms with van der Waals surface area (Å²) in [6.07, 6.45) is 2.07. The summed E-state index contributed by atoms with van der Waals surface area (Å²) in [5, 5.41) is 0. The molecule has 0 N–H and O–H groups in total. The number of halogens is 8. The quantitative estimate of drug-likeness (QED) is 0.259. The van der Waals surface area contributed by atoms with Crippen LogP contribution in [-0.2, 0) is 0 Å². The van der Waals surface area contributed by atoms with Crippen LogP contribution in [0.1, 0.15) is 45.4 Å². The van der Waals surface area contributed by atoms with Gasteiger partial charge in [0.25, 0.3) is 0 Å². The molecule has 140 valence electrons. The third-order valence-electron chi connectivity index (χ3n) is 3.99. The zero-order valence-corrected chi connectivity index (χ0v) is 13.4. The van der Waals surface area contributed by atoms with Crippen LogP contribution in [-0.4, -0.2) is 50.1 Å². The van der Waals surface area contributed by atoms with Crippen LogP contribution in [0.25, 0.3) is 0 Å². The molecule has 23 heavy (non-hydrogen) atoms. The second-order valence-corrected chi connectivity index (χ2v) is 6.25. The number of quaternary nitrogens is 1. The minimum atomic E-state index is -7.21. The van der Waals surface area contributed by atoms with E-state index in [1.165, 1.54) is 62.6 Å². The number of likely N-dealkylation sites (tertiary alicyclic amines) is 1. The Balaban J connectivity index is 0.000000423. The van der Waals surface area contributed by atoms with Crippen molar-refractivity contribution in [2.24, 2.45) is 0 Å². The molecule has 0 radical (unpaired) electrons. The van der Waals surface area contributed by atoms with Gasteiger partial charge in [0.1, 0.15) is 0 Å². The summed E-state index contributed by atoms with van der Waals surface area (Å²) in [6, 6.07) is 0. The molecule has 1 fully saturated rings. The maximum atomic E-state index is 11.2. The summed E-state index contributed by atoms with van der Waals surface area (Å²) in [4.78, 5) is 0. The topological polar surface area (TPSA) is 0 Å². The van der Waals surface area contributed by atoms with Crippen molar-refractivity contribution in [1.82, 2.24) is 0 Å². The van der Waals surface area contributed by atoms with Gasteiger partial charge >= 0.3 is 19.0 Å². The van der Waals surface area contributed by atoms with Crippen molar-refractivity contribution in [3.8, 4) is 0 Å². The van der Waals surface area contributed by atoms with E-state index in [9.17, 15) is 34.9 Å². The molecule has 0 bridgehead atoms. The third-order valence-corrected chi connectivity index (χ3v) is 3.99. The first-order valence-electron chi connectivity index (χ1n) is 7.74. The average molecular weight is 357 g/mol. The van der Waals surface area contributed by atoms with Crippen LogP contribution in [0.3, 0.4) is 0 Å². The summed E-state index contributed by atoms with van der Waals surface area (Å²) in [5.41, 5.74) is 0. The van der Waals surface area contributed by atoms with Crippen molar-refractivity contribution >= 4 is 6.98 Å². The van der Waals surface area contributed by atoms with Crippen LogP contribution in [0, 0.1) is 0 Å². The van der Waals surface area contributed by atoms with Gasteiger partial charge in [0.15, 0.2) is 0 Å². The van der Waals surface area contributed by atoms with Crippen molar-refractivity contribution in [3.05, 3.63) is 0 Å². The van der Waals surface area contributed by atoms with E-state index in [4.69, 9.17) is 0 Å². The van der Waals surface area contributed by atoms with E-state index in [2.05, 4.69) is 14.0 Å². The van der Waals surface area contributed by atoms with E-state index in [1.54, 1.807) is 0 Å². The minimum Gasteiger partial charge on any atom is -0.445 e. The second kappa shape index (κ2) is 8.53. The van der Waals surface area contributed by atoms with Crippen LogP contribution in [0.5, 0.6) is 0 Å². The number of hydrogen-bond donors (Lipinski definition) is 0. The number of nitrogens with zero attached hydrogens (tertiary/aromatic N) is 1. The predicted molar refractivity (Wildman–Crippen MR) is 74.2 cm³/mol. The zero-order chi connectivity index (χ0) is 18.4. The Hall–Kier alpha value is -0.535. The molecule has 1 nitrogen and oxygen atoms in total. The van der Waals surface area contributed by atoms with E-state index < -0.39 is 19.0 Å². The fourth-order valence-corrected chi connectivity index (χ4v) is 2.43. The average Bonchev–Trinajstić information content (AvgIpc) is 2.80. The van der Waals surface area contributed by atoms with Gasteiger partial charge in [-0.1, -0.05) is 19.8 Å². The molecular weight excluding hydrogens is 333 g/mol. The Morgan fingerprint density at radius 2 is 1.35 bits per heavy atom. The van der Waals surface area contributed by atoms with Crippen LogP contribution >= 0.6 is 0 Å². The van der Waals surface area contributed by atoms with Crippen LogP contribution in [0.15, 0.2) is 0 Å². The molecule has 10 heteroatoms. The van der Waals surface area contributed by atoms with Gasteiger partial charge in [0, 0.05) is 12.8 Å². The summed E-state index contributed by atoms with van der Waals surface area (Å²) in [5.74, 6) is -6.56. The molecule has 0 saturated carbocycles. The van der Waals surface area contributed by atoms with Crippen molar-refractivity contribution < 1.29 is 39.4 Å². The lowest BCUT2D eigenvalue weighted by atomic mass is 9.80. The molecule has 0 aliphatic carbocycles. The van der Waals surface area contributed by atoms with Gasteiger partial charge in [-0.2, -0.15) is 13.2 Å². The summed E-state index contributed by atoms with van der Waals surface area (Å²) in [7, 11) is 2.43. The van der Waals surface area contributed by atoms with Crippen molar-refractivity contribution in [1.29, 1.82) is 0 Å². The first-order chi connectivity index (χ1) is 10.3. The van der Waals surface area contributed by atoms with E-state index in [-0.39, 0.29) is 0 Å². The van der Waals surface area contributed by atoms with Gasteiger partial charge in [-0.05, 0) is 12.8 Å². The van der Waals surface area contributed by atoms with E-state index in [0.717, 1.165) is 0 Å². The maximum Gasteiger partial charge on any atom is 0.558 e. The van der Waals surface area contributed by atoms with Gasteiger partial charge in [-0.3, -0.25) is 0 Å². The highest BCUT2D eigenvalue weighted by Gasteiger charge is 2.69. The van der Waals surface area contributed by atoms with Crippen molar-refractivity contribution in [2.45, 2.75) is 57.4 Å². The van der Waals surface area contributed by atoms with Crippen molar-refractivity contribution in [3.63, 3.8) is 0 Å². The molecule has 1 heterocycles. The fourth-order valence-electron chi connectivity index (χ4n) is 2.43. The molecule has 0 spiro atoms. The molecule has 0 aromatic carbocycles. The van der Waals surface area contributed by atoms with Gasteiger partial charge < -0.3 is 17.4 Å². The molecule has 0 atom stereocenters. The number of rotatable bonds is 6. The maximum absolute atomic E-state index is 11.2. The van der Waals surface area contributed by atoms with Crippen LogP contribution in [0.4, 0.5) is 34.9 Å². The molecule has 1 saturated heterocycles. The molecular formula is C13H24BF8N. The summed E-state index contributed by atoms with van der Waals surface area (Å²) in [6.45, 7) is -0.621. The van der Waals surface area contributed by atoms with Gasteiger partial charge in [-0.15, -0.1) is 0 Å². The SMILES string of the molecule is CCCCCC[N+]1(C)CCCC1.F[B-](F)(F)C(F)(F)C(F)(F)F. The Morgan fingerprint density at radius 1 is 0.870 bits per heavy atom. The van der Waals surface area contributed by atoms with Crippen molar-refractivity contribution in [2.75, 3.05) is 26.7 Å². The van der Waals surface area contributed by atoms with E-state index in [0.29, 0.717) is 0 Å². The number of alkyl halides is 5. The normalized spacial score (nSPS) is 18.5. The van der Waals surface area contributed by atoms with Gasteiger partial charge in [0.2, 0.25) is 0 Å². The number of hydrogen-bond acceptors (Lipinski definition) is 0. The molecule has 0 aromatic heterocycles. The highest BCUT2D eigenvalue weighted by molar-refractivity contribution is 6.61. The smallest absolute Gasteiger partial charge is 0.445 e. The zero-order valence-electron chi connectivity index (χ0n) is 13.4. The lowest BCUT2D eigenvalue weighted by molar-refractivity contribution is -0.897. The predicted octanol–water partition coefficient (Wildman–Crippen LogP) is 5.38. The highest BCUT2D eigenvalue weighted by Crippen LogP contribution is 2.44. The lowest BCUT2D eigenvalue weighted by Gasteiger charge is -2.29.